The Kier molecular flexibility index (Phi) is 6.02. The van der Waals surface area contributed by atoms with E-state index in [0.717, 1.165) is 5.69 Å². The highest BCUT2D eigenvalue weighted by atomic mass is 35.5. The molecule has 23 heavy (non-hydrogen) atoms. The van der Waals surface area contributed by atoms with Crippen LogP contribution in [0.25, 0.3) is 0 Å². The van der Waals surface area contributed by atoms with E-state index in [-0.39, 0.29) is 18.1 Å². The fraction of sp³-hybridized carbons (Fsp3) is 0.176. The summed E-state index contributed by atoms with van der Waals surface area (Å²) in [6.45, 7) is 1.96. The van der Waals surface area contributed by atoms with Crippen molar-refractivity contribution in [2.24, 2.45) is 0 Å². The maximum absolute atomic E-state index is 11.9. The van der Waals surface area contributed by atoms with Gasteiger partial charge in [0.2, 0.25) is 5.91 Å². The number of Topliss-reactive ketones (excluding diaryl/α,β-unsaturated/α-hetero) is 1. The normalized spacial score (nSPS) is 10.2. The number of nitrogens with one attached hydrogen (secondary N) is 2. The number of carbonyl (C=O) groups excluding carboxylic acids is 2. The molecular formula is C17H16Cl2N2O2. The average Bonchev–Trinajstić information content (AvgIpc) is 2.46. The third-order valence-electron chi connectivity index (χ3n) is 3.10. The number of carbonyl (C=O) groups is 2. The van der Waals surface area contributed by atoms with E-state index in [1.165, 1.54) is 6.92 Å². The van der Waals surface area contributed by atoms with Gasteiger partial charge in [-0.25, -0.2) is 0 Å². The first-order valence-electron chi connectivity index (χ1n) is 7.05. The molecule has 0 bridgehead atoms. The Morgan fingerprint density at radius 1 is 1.00 bits per heavy atom. The van der Waals surface area contributed by atoms with Crippen molar-refractivity contribution in [2.75, 3.05) is 17.2 Å². The Balaban J connectivity index is 1.85. The molecule has 0 atom stereocenters. The van der Waals surface area contributed by atoms with Crippen molar-refractivity contribution in [3.05, 3.63) is 58.1 Å². The molecular weight excluding hydrogens is 335 g/mol. The van der Waals surface area contributed by atoms with Crippen LogP contribution >= 0.6 is 23.2 Å². The molecule has 2 rings (SSSR count). The van der Waals surface area contributed by atoms with Gasteiger partial charge in [-0.3, -0.25) is 9.59 Å². The predicted octanol–water partition coefficient (Wildman–Crippen LogP) is 4.64. The molecule has 1 amide bonds. The number of rotatable bonds is 6. The summed E-state index contributed by atoms with van der Waals surface area (Å²) >= 11 is 11.8. The standard InChI is InChI=1S/C17H16Cl2N2O2/c1-11(22)12-3-2-4-15(7-12)20-6-5-17(23)21-16-9-13(18)8-14(19)10-16/h2-4,7-10,20H,5-6H2,1H3,(H,21,23). The first kappa shape index (κ1) is 17.3. The summed E-state index contributed by atoms with van der Waals surface area (Å²) in [5, 5.41) is 6.78. The van der Waals surface area contributed by atoms with Gasteiger partial charge in [-0.1, -0.05) is 35.3 Å². The van der Waals surface area contributed by atoms with E-state index in [0.29, 0.717) is 27.8 Å². The largest absolute Gasteiger partial charge is 0.385 e. The molecule has 2 aromatic rings. The first-order chi connectivity index (χ1) is 10.9. The molecule has 2 N–H and O–H groups in total. The van der Waals surface area contributed by atoms with Crippen LogP contribution in [-0.4, -0.2) is 18.2 Å². The van der Waals surface area contributed by atoms with Crippen molar-refractivity contribution in [1.29, 1.82) is 0 Å². The predicted molar refractivity (Wildman–Crippen MR) is 94.6 cm³/mol. The van der Waals surface area contributed by atoms with Gasteiger partial charge in [0.25, 0.3) is 0 Å². The number of benzene rings is 2. The molecule has 0 unspecified atom stereocenters. The van der Waals surface area contributed by atoms with Gasteiger partial charge in [-0.15, -0.1) is 0 Å². The fourth-order valence-electron chi connectivity index (χ4n) is 2.02. The van der Waals surface area contributed by atoms with E-state index in [9.17, 15) is 9.59 Å². The number of hydrogen-bond acceptors (Lipinski definition) is 3. The van der Waals surface area contributed by atoms with E-state index in [4.69, 9.17) is 23.2 Å². The number of halogens is 2. The second-order valence-electron chi connectivity index (χ2n) is 5.02. The number of amides is 1. The number of anilines is 2. The van der Waals surface area contributed by atoms with Crippen molar-refractivity contribution < 1.29 is 9.59 Å². The average molecular weight is 351 g/mol. The molecule has 0 aromatic heterocycles. The summed E-state index contributed by atoms with van der Waals surface area (Å²) in [4.78, 5) is 23.2. The van der Waals surface area contributed by atoms with Crippen molar-refractivity contribution in [3.63, 3.8) is 0 Å². The highest BCUT2D eigenvalue weighted by Crippen LogP contribution is 2.22. The summed E-state index contributed by atoms with van der Waals surface area (Å²) in [5.74, 6) is -0.150. The molecule has 0 heterocycles. The minimum atomic E-state index is -0.154. The van der Waals surface area contributed by atoms with Gasteiger partial charge >= 0.3 is 0 Å². The molecule has 0 aliphatic heterocycles. The lowest BCUT2D eigenvalue weighted by molar-refractivity contribution is -0.115. The highest BCUT2D eigenvalue weighted by molar-refractivity contribution is 6.35. The minimum Gasteiger partial charge on any atom is -0.385 e. The monoisotopic (exact) mass is 350 g/mol. The third-order valence-corrected chi connectivity index (χ3v) is 3.53. The van der Waals surface area contributed by atoms with E-state index >= 15 is 0 Å². The molecule has 0 aliphatic carbocycles. The van der Waals surface area contributed by atoms with Crippen LogP contribution in [0.4, 0.5) is 11.4 Å². The maximum atomic E-state index is 11.9. The number of hydrogen-bond donors (Lipinski definition) is 2. The molecule has 0 radical (unpaired) electrons. The van der Waals surface area contributed by atoms with Crippen molar-refractivity contribution in [2.45, 2.75) is 13.3 Å². The van der Waals surface area contributed by atoms with E-state index < -0.39 is 0 Å². The van der Waals surface area contributed by atoms with Crippen molar-refractivity contribution >= 4 is 46.3 Å². The Bertz CT molecular complexity index is 712. The molecule has 4 nitrogen and oxygen atoms in total. The summed E-state index contributed by atoms with van der Waals surface area (Å²) in [7, 11) is 0. The third kappa shape index (κ3) is 5.58. The van der Waals surface area contributed by atoms with Gasteiger partial charge < -0.3 is 10.6 Å². The van der Waals surface area contributed by atoms with E-state index in [1.807, 2.05) is 6.07 Å². The van der Waals surface area contributed by atoms with E-state index in [2.05, 4.69) is 10.6 Å². The van der Waals surface area contributed by atoms with Crippen LogP contribution in [0, 0.1) is 0 Å². The van der Waals surface area contributed by atoms with E-state index in [1.54, 1.807) is 36.4 Å². The maximum Gasteiger partial charge on any atom is 0.226 e. The van der Waals surface area contributed by atoms with Crippen LogP contribution in [0.5, 0.6) is 0 Å². The van der Waals surface area contributed by atoms with Gasteiger partial charge in [0.1, 0.15) is 0 Å². The van der Waals surface area contributed by atoms with Crippen LogP contribution < -0.4 is 10.6 Å². The van der Waals surface area contributed by atoms with Crippen molar-refractivity contribution in [1.82, 2.24) is 0 Å². The molecule has 0 spiro atoms. The fourth-order valence-corrected chi connectivity index (χ4v) is 2.54. The highest BCUT2D eigenvalue weighted by Gasteiger charge is 2.05. The second-order valence-corrected chi connectivity index (χ2v) is 5.89. The lowest BCUT2D eigenvalue weighted by Gasteiger charge is -2.09. The van der Waals surface area contributed by atoms with Crippen LogP contribution in [0.3, 0.4) is 0 Å². The summed E-state index contributed by atoms with van der Waals surface area (Å²) in [6, 6.07) is 12.0. The molecule has 120 valence electrons. The van der Waals surface area contributed by atoms with Crippen LogP contribution in [0.1, 0.15) is 23.7 Å². The number of ketones is 1. The SMILES string of the molecule is CC(=O)c1cccc(NCCC(=O)Nc2cc(Cl)cc(Cl)c2)c1. The molecule has 0 aliphatic rings. The van der Waals surface area contributed by atoms with Crippen LogP contribution in [0.15, 0.2) is 42.5 Å². The molecule has 6 heteroatoms. The Hall–Kier alpha value is -2.04. The van der Waals surface area contributed by atoms with Crippen LogP contribution in [-0.2, 0) is 4.79 Å². The zero-order chi connectivity index (χ0) is 16.8. The lowest BCUT2D eigenvalue weighted by Crippen LogP contribution is -2.16. The van der Waals surface area contributed by atoms with Crippen molar-refractivity contribution in [3.8, 4) is 0 Å². The molecule has 0 saturated heterocycles. The van der Waals surface area contributed by atoms with Gasteiger partial charge in [0.05, 0.1) is 0 Å². The second kappa shape index (κ2) is 7.99. The zero-order valence-corrected chi connectivity index (χ0v) is 14.0. The van der Waals surface area contributed by atoms with Crippen LogP contribution in [0.2, 0.25) is 10.0 Å². The summed E-state index contributed by atoms with van der Waals surface area (Å²) in [6.07, 6.45) is 0.272. The smallest absolute Gasteiger partial charge is 0.226 e. The molecule has 2 aromatic carbocycles. The Morgan fingerprint density at radius 2 is 1.70 bits per heavy atom. The Morgan fingerprint density at radius 3 is 2.35 bits per heavy atom. The van der Waals surface area contributed by atoms with Gasteiger partial charge in [0.15, 0.2) is 5.78 Å². The topological polar surface area (TPSA) is 58.2 Å². The summed E-state index contributed by atoms with van der Waals surface area (Å²) < 4.78 is 0. The lowest BCUT2D eigenvalue weighted by atomic mass is 10.1. The molecule has 0 saturated carbocycles. The molecule has 0 fully saturated rings. The van der Waals surface area contributed by atoms with Gasteiger partial charge in [-0.2, -0.15) is 0 Å². The Labute approximate surface area is 144 Å². The quantitative estimate of drug-likeness (QED) is 0.746. The van der Waals surface area contributed by atoms with Gasteiger partial charge in [0, 0.05) is 39.9 Å². The van der Waals surface area contributed by atoms with Gasteiger partial charge in [-0.05, 0) is 37.3 Å². The minimum absolute atomic E-state index is 0.00391. The summed E-state index contributed by atoms with van der Waals surface area (Å²) in [5.41, 5.74) is 2.00. The zero-order valence-electron chi connectivity index (χ0n) is 12.5. The first-order valence-corrected chi connectivity index (χ1v) is 7.80.